The van der Waals surface area contributed by atoms with Gasteiger partial charge in [-0.2, -0.15) is 0 Å². The molecule has 0 fully saturated rings. The van der Waals surface area contributed by atoms with Crippen molar-refractivity contribution in [2.45, 2.75) is 0 Å². The van der Waals surface area contributed by atoms with Crippen molar-refractivity contribution in [3.63, 3.8) is 0 Å². The maximum Gasteiger partial charge on any atom is 0.253 e. The molecular formula is C16H14Cl2N2O3. The number of methoxy groups -OCH3 is 1. The minimum Gasteiger partial charge on any atom is -0.495 e. The third-order valence-corrected chi connectivity index (χ3v) is 3.59. The summed E-state index contributed by atoms with van der Waals surface area (Å²) in [7, 11) is 1.50. The largest absolute Gasteiger partial charge is 0.495 e. The Kier molecular flexibility index (Phi) is 5.84. The molecule has 2 N–H and O–H groups in total. The molecule has 120 valence electrons. The number of amides is 2. The third-order valence-electron chi connectivity index (χ3n) is 2.96. The molecule has 0 saturated carbocycles. The van der Waals surface area contributed by atoms with Crippen LogP contribution in [0.25, 0.3) is 0 Å². The molecule has 0 aliphatic heterocycles. The van der Waals surface area contributed by atoms with Crippen LogP contribution in [0.4, 0.5) is 5.69 Å². The van der Waals surface area contributed by atoms with Crippen molar-refractivity contribution in [3.05, 3.63) is 58.1 Å². The van der Waals surface area contributed by atoms with Gasteiger partial charge in [0, 0.05) is 5.69 Å². The zero-order valence-electron chi connectivity index (χ0n) is 12.2. The number of benzene rings is 2. The Hall–Kier alpha value is -2.24. The number of carbonyl (C=O) groups is 2. The Balaban J connectivity index is 1.91. The monoisotopic (exact) mass is 352 g/mol. The summed E-state index contributed by atoms with van der Waals surface area (Å²) in [5.41, 5.74) is 0.822. The number of hydrogen-bond acceptors (Lipinski definition) is 3. The highest BCUT2D eigenvalue weighted by Gasteiger charge is 2.11. The van der Waals surface area contributed by atoms with Gasteiger partial charge >= 0.3 is 0 Å². The Morgan fingerprint density at radius 2 is 1.83 bits per heavy atom. The fourth-order valence-corrected chi connectivity index (χ4v) is 2.33. The smallest absolute Gasteiger partial charge is 0.253 e. The van der Waals surface area contributed by atoms with Gasteiger partial charge in [-0.1, -0.05) is 35.3 Å². The predicted molar refractivity (Wildman–Crippen MR) is 90.4 cm³/mol. The van der Waals surface area contributed by atoms with Crippen molar-refractivity contribution >= 4 is 40.7 Å². The zero-order valence-corrected chi connectivity index (χ0v) is 13.7. The molecule has 0 aromatic heterocycles. The van der Waals surface area contributed by atoms with E-state index in [1.165, 1.54) is 7.11 Å². The molecule has 2 aromatic carbocycles. The number of nitrogens with one attached hydrogen (secondary N) is 2. The summed E-state index contributed by atoms with van der Waals surface area (Å²) in [6, 6.07) is 11.5. The lowest BCUT2D eigenvalue weighted by Crippen LogP contribution is -2.33. The normalized spacial score (nSPS) is 10.0. The van der Waals surface area contributed by atoms with Crippen LogP contribution in [0.3, 0.4) is 0 Å². The number of hydrogen-bond donors (Lipinski definition) is 2. The molecule has 0 aliphatic rings. The van der Waals surface area contributed by atoms with Crippen molar-refractivity contribution < 1.29 is 14.3 Å². The number of anilines is 1. The van der Waals surface area contributed by atoms with Gasteiger partial charge in [-0.25, -0.2) is 0 Å². The van der Waals surface area contributed by atoms with Gasteiger partial charge in [0.15, 0.2) is 0 Å². The van der Waals surface area contributed by atoms with Gasteiger partial charge in [0.25, 0.3) is 5.91 Å². The van der Waals surface area contributed by atoms with E-state index in [0.29, 0.717) is 27.0 Å². The zero-order chi connectivity index (χ0) is 16.8. The lowest BCUT2D eigenvalue weighted by molar-refractivity contribution is -0.115. The fraction of sp³-hybridized carbons (Fsp3) is 0.125. The highest BCUT2D eigenvalue weighted by atomic mass is 35.5. The lowest BCUT2D eigenvalue weighted by atomic mass is 10.2. The predicted octanol–water partition coefficient (Wildman–Crippen LogP) is 3.37. The van der Waals surface area contributed by atoms with E-state index in [9.17, 15) is 9.59 Å². The van der Waals surface area contributed by atoms with Crippen molar-refractivity contribution in [1.82, 2.24) is 5.32 Å². The third kappa shape index (κ3) is 4.61. The first kappa shape index (κ1) is 17.1. The van der Waals surface area contributed by atoms with E-state index in [2.05, 4.69) is 10.6 Å². The number of ether oxygens (including phenoxy) is 1. The van der Waals surface area contributed by atoms with Crippen LogP contribution in [-0.2, 0) is 4.79 Å². The summed E-state index contributed by atoms with van der Waals surface area (Å²) >= 11 is 11.9. The van der Waals surface area contributed by atoms with E-state index in [-0.39, 0.29) is 12.5 Å². The van der Waals surface area contributed by atoms with E-state index in [4.69, 9.17) is 27.9 Å². The second-order valence-electron chi connectivity index (χ2n) is 4.56. The van der Waals surface area contributed by atoms with Crippen molar-refractivity contribution in [3.8, 4) is 5.75 Å². The minimum atomic E-state index is -0.418. The van der Waals surface area contributed by atoms with Crippen LogP contribution in [0.15, 0.2) is 42.5 Å². The van der Waals surface area contributed by atoms with E-state index in [0.717, 1.165) is 0 Å². The Bertz CT molecular complexity index is 735. The molecule has 0 bridgehead atoms. The highest BCUT2D eigenvalue weighted by Crippen LogP contribution is 2.27. The molecule has 7 heteroatoms. The molecule has 0 unspecified atom stereocenters. The van der Waals surface area contributed by atoms with Crippen LogP contribution in [0.5, 0.6) is 5.75 Å². The molecule has 2 aromatic rings. The molecule has 0 aliphatic carbocycles. The molecule has 5 nitrogen and oxygen atoms in total. The summed E-state index contributed by atoms with van der Waals surface area (Å²) in [5, 5.41) is 5.84. The second-order valence-corrected chi connectivity index (χ2v) is 5.37. The topological polar surface area (TPSA) is 67.4 Å². The summed E-state index contributed by atoms with van der Waals surface area (Å²) in [4.78, 5) is 23.8. The molecule has 2 rings (SSSR count). The van der Waals surface area contributed by atoms with Gasteiger partial charge in [0.2, 0.25) is 5.91 Å². The first-order valence-corrected chi connectivity index (χ1v) is 7.43. The number of halogens is 2. The van der Waals surface area contributed by atoms with Gasteiger partial charge in [-0.3, -0.25) is 9.59 Å². The average Bonchev–Trinajstić information content (AvgIpc) is 2.53. The summed E-state index contributed by atoms with van der Waals surface area (Å²) in [5.74, 6) is -0.290. The number of rotatable bonds is 5. The minimum absolute atomic E-state index is 0.187. The molecule has 0 radical (unpaired) electrons. The SMILES string of the molecule is COc1ccc(NC(=O)CNC(=O)c2ccccc2Cl)cc1Cl. The Morgan fingerprint density at radius 3 is 2.48 bits per heavy atom. The van der Waals surface area contributed by atoms with Crippen LogP contribution in [-0.4, -0.2) is 25.5 Å². The van der Waals surface area contributed by atoms with Gasteiger partial charge in [0.05, 0.1) is 29.3 Å². The van der Waals surface area contributed by atoms with E-state index in [1.54, 1.807) is 42.5 Å². The molecule has 0 spiro atoms. The Labute approximate surface area is 143 Å². The van der Waals surface area contributed by atoms with Crippen molar-refractivity contribution in [1.29, 1.82) is 0 Å². The first-order valence-electron chi connectivity index (χ1n) is 6.67. The van der Waals surface area contributed by atoms with Gasteiger partial charge in [0.1, 0.15) is 5.75 Å². The maximum atomic E-state index is 11.9. The standard InChI is InChI=1S/C16H14Cl2N2O3/c1-23-14-7-6-10(8-13(14)18)20-15(21)9-19-16(22)11-4-2-3-5-12(11)17/h2-8H,9H2,1H3,(H,19,22)(H,20,21). The van der Waals surface area contributed by atoms with Gasteiger partial charge in [-0.15, -0.1) is 0 Å². The molecule has 0 heterocycles. The summed E-state index contributed by atoms with van der Waals surface area (Å²) < 4.78 is 5.03. The fourth-order valence-electron chi connectivity index (χ4n) is 1.85. The van der Waals surface area contributed by atoms with Crippen LogP contribution in [0.1, 0.15) is 10.4 Å². The van der Waals surface area contributed by atoms with E-state index >= 15 is 0 Å². The molecular weight excluding hydrogens is 339 g/mol. The molecule has 0 saturated heterocycles. The maximum absolute atomic E-state index is 11.9. The van der Waals surface area contributed by atoms with Crippen molar-refractivity contribution in [2.24, 2.45) is 0 Å². The second kappa shape index (κ2) is 7.85. The van der Waals surface area contributed by atoms with Gasteiger partial charge < -0.3 is 15.4 Å². The molecule has 2 amide bonds. The molecule has 0 atom stereocenters. The van der Waals surface area contributed by atoms with Crippen molar-refractivity contribution in [2.75, 3.05) is 19.0 Å². The number of carbonyl (C=O) groups excluding carboxylic acids is 2. The summed E-state index contributed by atoms with van der Waals surface area (Å²) in [6.07, 6.45) is 0. The lowest BCUT2D eigenvalue weighted by Gasteiger charge is -2.09. The first-order chi connectivity index (χ1) is 11.0. The molecule has 23 heavy (non-hydrogen) atoms. The van der Waals surface area contributed by atoms with Crippen LogP contribution in [0, 0.1) is 0 Å². The quantitative estimate of drug-likeness (QED) is 0.866. The Morgan fingerprint density at radius 1 is 1.09 bits per heavy atom. The van der Waals surface area contributed by atoms with Crippen LogP contribution in [0.2, 0.25) is 10.0 Å². The highest BCUT2D eigenvalue weighted by molar-refractivity contribution is 6.34. The van der Waals surface area contributed by atoms with E-state index in [1.807, 2.05) is 0 Å². The van der Waals surface area contributed by atoms with Crippen LogP contribution >= 0.6 is 23.2 Å². The average molecular weight is 353 g/mol. The van der Waals surface area contributed by atoms with Crippen LogP contribution < -0.4 is 15.4 Å². The van der Waals surface area contributed by atoms with Gasteiger partial charge in [-0.05, 0) is 30.3 Å². The van der Waals surface area contributed by atoms with E-state index < -0.39 is 5.91 Å². The summed E-state index contributed by atoms with van der Waals surface area (Å²) in [6.45, 7) is -0.187.